The number of carbonyl (C=O) groups excluding carboxylic acids is 1. The number of pyridine rings is 1. The van der Waals surface area contributed by atoms with E-state index in [0.29, 0.717) is 12.2 Å². The second-order valence-corrected chi connectivity index (χ2v) is 6.23. The first-order chi connectivity index (χ1) is 10.4. The molecule has 0 aliphatic rings. The molecule has 0 spiro atoms. The summed E-state index contributed by atoms with van der Waals surface area (Å²) in [4.78, 5) is 18.2. The van der Waals surface area contributed by atoms with Crippen LogP contribution in [0.3, 0.4) is 0 Å². The van der Waals surface area contributed by atoms with Gasteiger partial charge < -0.3 is 10.0 Å². The average Bonchev–Trinajstić information content (AvgIpc) is 2.97. The molecule has 2 rings (SSSR count). The van der Waals surface area contributed by atoms with Gasteiger partial charge in [-0.3, -0.25) is 14.9 Å². The minimum atomic E-state index is -0.204. The Hall–Kier alpha value is -2.21. The summed E-state index contributed by atoms with van der Waals surface area (Å²) in [5.41, 5.74) is 2.08. The highest BCUT2D eigenvalue weighted by Crippen LogP contribution is 2.21. The minimum Gasteiger partial charge on any atom is -0.395 e. The van der Waals surface area contributed by atoms with Crippen molar-refractivity contribution in [1.29, 1.82) is 0 Å². The Morgan fingerprint density at radius 3 is 2.73 bits per heavy atom. The number of aliphatic hydroxyl groups is 1. The van der Waals surface area contributed by atoms with Gasteiger partial charge in [-0.25, -0.2) is 0 Å². The van der Waals surface area contributed by atoms with Gasteiger partial charge >= 0.3 is 0 Å². The lowest BCUT2D eigenvalue weighted by molar-refractivity contribution is 0.0701. The monoisotopic (exact) mass is 302 g/mol. The molecule has 0 fully saturated rings. The van der Waals surface area contributed by atoms with Gasteiger partial charge in [0.25, 0.3) is 5.91 Å². The number of nitrogens with one attached hydrogen (secondary N) is 1. The van der Waals surface area contributed by atoms with Crippen molar-refractivity contribution in [3.63, 3.8) is 0 Å². The van der Waals surface area contributed by atoms with E-state index in [9.17, 15) is 9.90 Å². The summed E-state index contributed by atoms with van der Waals surface area (Å²) in [6.07, 6.45) is 3.40. The molecule has 0 atom stereocenters. The van der Waals surface area contributed by atoms with Crippen molar-refractivity contribution in [1.82, 2.24) is 20.1 Å². The van der Waals surface area contributed by atoms with Gasteiger partial charge in [0.05, 0.1) is 6.61 Å². The van der Waals surface area contributed by atoms with Crippen molar-refractivity contribution in [2.75, 3.05) is 13.2 Å². The topological polar surface area (TPSA) is 82.1 Å². The lowest BCUT2D eigenvalue weighted by atomic mass is 9.92. The SMILES string of the molecule is CC(C)(C)c1cc(C(=O)N(CCO)Cc2cccnc2)n[nH]1. The number of amides is 1. The van der Waals surface area contributed by atoms with Crippen LogP contribution < -0.4 is 0 Å². The van der Waals surface area contributed by atoms with Gasteiger partial charge in [-0.2, -0.15) is 5.10 Å². The molecule has 0 aliphatic heterocycles. The molecule has 0 saturated heterocycles. The highest BCUT2D eigenvalue weighted by Gasteiger charge is 2.22. The number of aliphatic hydroxyl groups excluding tert-OH is 1. The normalized spacial score (nSPS) is 11.5. The molecule has 6 heteroatoms. The maximum absolute atomic E-state index is 12.6. The quantitative estimate of drug-likeness (QED) is 0.881. The smallest absolute Gasteiger partial charge is 0.274 e. The van der Waals surface area contributed by atoms with Crippen LogP contribution in [0.4, 0.5) is 0 Å². The fraction of sp³-hybridized carbons (Fsp3) is 0.438. The Morgan fingerprint density at radius 2 is 2.18 bits per heavy atom. The standard InChI is InChI=1S/C16H22N4O2/c1-16(2,3)14-9-13(18-19-14)15(22)20(7-8-21)11-12-5-4-6-17-10-12/h4-6,9-10,21H,7-8,11H2,1-3H3,(H,18,19). The summed E-state index contributed by atoms with van der Waals surface area (Å²) >= 11 is 0. The highest BCUT2D eigenvalue weighted by molar-refractivity contribution is 5.92. The van der Waals surface area contributed by atoms with Crippen molar-refractivity contribution < 1.29 is 9.90 Å². The van der Waals surface area contributed by atoms with Crippen LogP contribution in [-0.2, 0) is 12.0 Å². The Labute approximate surface area is 130 Å². The lowest BCUT2D eigenvalue weighted by Crippen LogP contribution is -2.33. The maximum Gasteiger partial charge on any atom is 0.274 e. The number of aromatic nitrogens is 3. The van der Waals surface area contributed by atoms with Gasteiger partial charge in [-0.05, 0) is 17.7 Å². The largest absolute Gasteiger partial charge is 0.395 e. The van der Waals surface area contributed by atoms with Crippen molar-refractivity contribution in [2.45, 2.75) is 32.7 Å². The lowest BCUT2D eigenvalue weighted by Gasteiger charge is -2.20. The van der Waals surface area contributed by atoms with Gasteiger partial charge in [-0.1, -0.05) is 26.8 Å². The number of rotatable bonds is 5. The van der Waals surface area contributed by atoms with E-state index in [-0.39, 0.29) is 24.5 Å². The molecule has 2 N–H and O–H groups in total. The number of nitrogens with zero attached hydrogens (tertiary/aromatic N) is 3. The molecule has 0 aliphatic carbocycles. The summed E-state index contributed by atoms with van der Waals surface area (Å²) in [5.74, 6) is -0.204. The fourth-order valence-corrected chi connectivity index (χ4v) is 2.06. The van der Waals surface area contributed by atoms with Crippen LogP contribution in [0.1, 0.15) is 42.5 Å². The first-order valence-electron chi connectivity index (χ1n) is 7.26. The second-order valence-electron chi connectivity index (χ2n) is 6.23. The predicted octanol–water partition coefficient (Wildman–Crippen LogP) is 1.74. The Balaban J connectivity index is 2.17. The molecule has 2 aromatic heterocycles. The molecule has 2 aromatic rings. The molecule has 2 heterocycles. The summed E-state index contributed by atoms with van der Waals surface area (Å²) < 4.78 is 0. The molecule has 22 heavy (non-hydrogen) atoms. The Kier molecular flexibility index (Phi) is 4.92. The fourth-order valence-electron chi connectivity index (χ4n) is 2.06. The third-order valence-corrected chi connectivity index (χ3v) is 3.36. The third-order valence-electron chi connectivity index (χ3n) is 3.36. The van der Waals surface area contributed by atoms with Crippen LogP contribution in [0.5, 0.6) is 0 Å². The number of H-pyrrole nitrogens is 1. The van der Waals surface area contributed by atoms with Crippen molar-refractivity contribution in [2.24, 2.45) is 0 Å². The third kappa shape index (κ3) is 3.92. The van der Waals surface area contributed by atoms with E-state index in [0.717, 1.165) is 11.3 Å². The number of carbonyl (C=O) groups is 1. The van der Waals surface area contributed by atoms with E-state index in [1.165, 1.54) is 0 Å². The van der Waals surface area contributed by atoms with Gasteiger partial charge in [0.2, 0.25) is 0 Å². The van der Waals surface area contributed by atoms with Gasteiger partial charge in [-0.15, -0.1) is 0 Å². The molecule has 0 bridgehead atoms. The van der Waals surface area contributed by atoms with E-state index in [1.54, 1.807) is 23.4 Å². The van der Waals surface area contributed by atoms with Crippen molar-refractivity contribution >= 4 is 5.91 Å². The zero-order chi connectivity index (χ0) is 16.2. The maximum atomic E-state index is 12.6. The van der Waals surface area contributed by atoms with E-state index >= 15 is 0 Å². The summed E-state index contributed by atoms with van der Waals surface area (Å²) in [5, 5.41) is 16.2. The molecule has 0 unspecified atom stereocenters. The van der Waals surface area contributed by atoms with Crippen LogP contribution in [0.2, 0.25) is 0 Å². The van der Waals surface area contributed by atoms with Crippen LogP contribution in [-0.4, -0.2) is 44.2 Å². The summed E-state index contributed by atoms with van der Waals surface area (Å²) in [7, 11) is 0. The van der Waals surface area contributed by atoms with E-state index in [1.807, 2.05) is 12.1 Å². The molecule has 6 nitrogen and oxygen atoms in total. The van der Waals surface area contributed by atoms with E-state index in [2.05, 4.69) is 36.0 Å². The summed E-state index contributed by atoms with van der Waals surface area (Å²) in [6, 6.07) is 5.49. The minimum absolute atomic E-state index is 0.0947. The molecule has 0 radical (unpaired) electrons. The highest BCUT2D eigenvalue weighted by atomic mass is 16.3. The average molecular weight is 302 g/mol. The number of hydrogen-bond donors (Lipinski definition) is 2. The zero-order valence-corrected chi connectivity index (χ0v) is 13.2. The first kappa shape index (κ1) is 16.2. The number of aromatic amines is 1. The van der Waals surface area contributed by atoms with Crippen LogP contribution in [0.15, 0.2) is 30.6 Å². The molecule has 118 valence electrons. The van der Waals surface area contributed by atoms with E-state index in [4.69, 9.17) is 0 Å². The van der Waals surface area contributed by atoms with Crippen molar-refractivity contribution in [3.8, 4) is 0 Å². The van der Waals surface area contributed by atoms with Crippen LogP contribution in [0, 0.1) is 0 Å². The van der Waals surface area contributed by atoms with E-state index < -0.39 is 0 Å². The first-order valence-corrected chi connectivity index (χ1v) is 7.26. The zero-order valence-electron chi connectivity index (χ0n) is 13.2. The van der Waals surface area contributed by atoms with Crippen LogP contribution in [0.25, 0.3) is 0 Å². The second kappa shape index (κ2) is 6.70. The molecular formula is C16H22N4O2. The van der Waals surface area contributed by atoms with Gasteiger partial charge in [0.1, 0.15) is 5.69 Å². The van der Waals surface area contributed by atoms with Gasteiger partial charge in [0, 0.05) is 36.6 Å². The van der Waals surface area contributed by atoms with Gasteiger partial charge in [0.15, 0.2) is 0 Å². The molecule has 1 amide bonds. The Morgan fingerprint density at radius 1 is 1.41 bits per heavy atom. The summed E-state index contributed by atoms with van der Waals surface area (Å²) in [6.45, 7) is 6.71. The molecule has 0 saturated carbocycles. The predicted molar refractivity (Wildman–Crippen MR) is 83.4 cm³/mol. The Bertz CT molecular complexity index is 617. The van der Waals surface area contributed by atoms with Crippen molar-refractivity contribution in [3.05, 3.63) is 47.5 Å². The molecular weight excluding hydrogens is 280 g/mol. The molecule has 0 aromatic carbocycles. The number of hydrogen-bond acceptors (Lipinski definition) is 4. The van der Waals surface area contributed by atoms with Crippen LogP contribution >= 0.6 is 0 Å².